The lowest BCUT2D eigenvalue weighted by molar-refractivity contribution is 0.0927. The Bertz CT molecular complexity index is 881. The summed E-state index contributed by atoms with van der Waals surface area (Å²) in [6.07, 6.45) is 2.82. The number of aryl methyl sites for hydroxylation is 1. The molecule has 2 N–H and O–H groups in total. The number of hydrogen-bond donors (Lipinski definition) is 2. The maximum absolute atomic E-state index is 12.7. The largest absolute Gasteiger partial charge is 0.497 e. The third-order valence-electron chi connectivity index (χ3n) is 4.76. The average molecular weight is 355 g/mol. The minimum Gasteiger partial charge on any atom is -0.497 e. The van der Waals surface area contributed by atoms with Crippen LogP contribution in [0.2, 0.25) is 0 Å². The van der Waals surface area contributed by atoms with Crippen LogP contribution in [0.4, 0.5) is 0 Å². The Morgan fingerprint density at radius 1 is 1.31 bits per heavy atom. The number of nitrogens with zero attached hydrogens (tertiary/aromatic N) is 1. The molecule has 1 heterocycles. The lowest BCUT2D eigenvalue weighted by Crippen LogP contribution is -2.33. The Morgan fingerprint density at radius 2 is 2.08 bits per heavy atom. The van der Waals surface area contributed by atoms with E-state index < -0.39 is 5.69 Å². The molecular formula is C20H25N3O3. The van der Waals surface area contributed by atoms with Crippen LogP contribution < -0.4 is 15.7 Å². The number of aromatic amines is 1. The molecule has 1 aromatic carbocycles. The van der Waals surface area contributed by atoms with Crippen molar-refractivity contribution < 1.29 is 9.53 Å². The predicted molar refractivity (Wildman–Crippen MR) is 99.7 cm³/mol. The fourth-order valence-corrected chi connectivity index (χ4v) is 3.28. The van der Waals surface area contributed by atoms with Crippen molar-refractivity contribution in [2.75, 3.05) is 7.11 Å². The Kier molecular flexibility index (Phi) is 4.85. The zero-order valence-corrected chi connectivity index (χ0v) is 15.7. The third kappa shape index (κ3) is 3.79. The van der Waals surface area contributed by atoms with E-state index in [9.17, 15) is 9.59 Å². The van der Waals surface area contributed by atoms with E-state index in [0.717, 1.165) is 30.6 Å². The van der Waals surface area contributed by atoms with Crippen molar-refractivity contribution in [2.45, 2.75) is 51.5 Å². The second-order valence-corrected chi connectivity index (χ2v) is 7.72. The van der Waals surface area contributed by atoms with Crippen LogP contribution in [0.3, 0.4) is 0 Å². The van der Waals surface area contributed by atoms with Crippen molar-refractivity contribution in [2.24, 2.45) is 0 Å². The van der Waals surface area contributed by atoms with Crippen molar-refractivity contribution in [1.29, 1.82) is 0 Å². The zero-order chi connectivity index (χ0) is 18.9. The Balaban J connectivity index is 1.86. The van der Waals surface area contributed by atoms with Gasteiger partial charge in [-0.1, -0.05) is 26.8 Å². The van der Waals surface area contributed by atoms with E-state index in [1.165, 1.54) is 5.56 Å². The van der Waals surface area contributed by atoms with Gasteiger partial charge in [0, 0.05) is 11.1 Å². The second kappa shape index (κ2) is 6.94. The van der Waals surface area contributed by atoms with Gasteiger partial charge in [0.2, 0.25) is 0 Å². The molecule has 0 saturated heterocycles. The fourth-order valence-electron chi connectivity index (χ4n) is 3.28. The van der Waals surface area contributed by atoms with Gasteiger partial charge in [-0.05, 0) is 48.6 Å². The number of carbonyl (C=O) groups is 1. The van der Waals surface area contributed by atoms with Gasteiger partial charge in [-0.3, -0.25) is 4.79 Å². The van der Waals surface area contributed by atoms with Crippen molar-refractivity contribution in [3.05, 3.63) is 57.3 Å². The summed E-state index contributed by atoms with van der Waals surface area (Å²) in [6.45, 7) is 5.93. The van der Waals surface area contributed by atoms with Crippen LogP contribution in [0.15, 0.2) is 29.1 Å². The van der Waals surface area contributed by atoms with Crippen LogP contribution in [0.25, 0.3) is 0 Å². The van der Waals surface area contributed by atoms with Crippen molar-refractivity contribution in [3.63, 3.8) is 0 Å². The Hall–Kier alpha value is -2.63. The predicted octanol–water partition coefficient (Wildman–Crippen LogP) is 2.88. The smallest absolute Gasteiger partial charge is 0.345 e. The SMILES string of the molecule is COc1ccc2c(c1)CCCC2NC(=O)c1cc(C(C)(C)C)[nH]c(=O)n1. The van der Waals surface area contributed by atoms with Gasteiger partial charge >= 0.3 is 5.69 Å². The molecule has 3 rings (SSSR count). The first-order valence-corrected chi connectivity index (χ1v) is 8.87. The molecule has 26 heavy (non-hydrogen) atoms. The molecule has 1 aliphatic rings. The molecule has 2 aromatic rings. The molecule has 1 aliphatic carbocycles. The van der Waals surface area contributed by atoms with Crippen LogP contribution in [0.5, 0.6) is 5.75 Å². The number of carbonyl (C=O) groups excluding carboxylic acids is 1. The summed E-state index contributed by atoms with van der Waals surface area (Å²) >= 11 is 0. The lowest BCUT2D eigenvalue weighted by Gasteiger charge is -2.27. The molecule has 138 valence electrons. The van der Waals surface area contributed by atoms with Gasteiger partial charge in [-0.2, -0.15) is 4.98 Å². The maximum atomic E-state index is 12.7. The Labute approximate surface area is 153 Å². The highest BCUT2D eigenvalue weighted by atomic mass is 16.5. The summed E-state index contributed by atoms with van der Waals surface area (Å²) in [5.41, 5.74) is 2.36. The first kappa shape index (κ1) is 18.2. The number of hydrogen-bond acceptors (Lipinski definition) is 4. The molecular weight excluding hydrogens is 330 g/mol. The highest BCUT2D eigenvalue weighted by Gasteiger charge is 2.24. The molecule has 6 nitrogen and oxygen atoms in total. The van der Waals surface area contributed by atoms with E-state index in [0.29, 0.717) is 5.69 Å². The van der Waals surface area contributed by atoms with E-state index in [1.54, 1.807) is 13.2 Å². The van der Waals surface area contributed by atoms with Crippen molar-refractivity contribution >= 4 is 5.91 Å². The number of ether oxygens (including phenoxy) is 1. The highest BCUT2D eigenvalue weighted by molar-refractivity contribution is 5.92. The normalized spacial score (nSPS) is 16.7. The van der Waals surface area contributed by atoms with Crippen LogP contribution in [0, 0.1) is 0 Å². The number of aromatic nitrogens is 2. The van der Waals surface area contributed by atoms with Gasteiger partial charge in [0.1, 0.15) is 11.4 Å². The average Bonchev–Trinajstić information content (AvgIpc) is 2.60. The van der Waals surface area contributed by atoms with E-state index in [1.807, 2.05) is 39.0 Å². The van der Waals surface area contributed by atoms with Crippen LogP contribution in [0.1, 0.15) is 67.0 Å². The molecule has 1 aromatic heterocycles. The molecule has 0 fully saturated rings. The van der Waals surface area contributed by atoms with Crippen molar-refractivity contribution in [3.8, 4) is 5.75 Å². The van der Waals surface area contributed by atoms with Crippen molar-refractivity contribution in [1.82, 2.24) is 15.3 Å². The third-order valence-corrected chi connectivity index (χ3v) is 4.76. The van der Waals surface area contributed by atoms with Crippen LogP contribution in [-0.4, -0.2) is 23.0 Å². The summed E-state index contributed by atoms with van der Waals surface area (Å²) in [5, 5.41) is 3.04. The molecule has 0 saturated carbocycles. The molecule has 0 spiro atoms. The number of amides is 1. The summed E-state index contributed by atoms with van der Waals surface area (Å²) in [4.78, 5) is 31.2. The van der Waals surface area contributed by atoms with Gasteiger partial charge in [0.25, 0.3) is 5.91 Å². The van der Waals surface area contributed by atoms with Crippen LogP contribution >= 0.6 is 0 Å². The number of H-pyrrole nitrogens is 1. The van der Waals surface area contributed by atoms with E-state index in [-0.39, 0.29) is 23.1 Å². The number of fused-ring (bicyclic) bond motifs is 1. The summed E-state index contributed by atoms with van der Waals surface area (Å²) in [7, 11) is 1.65. The van der Waals surface area contributed by atoms with Gasteiger partial charge in [0.05, 0.1) is 13.2 Å². The molecule has 1 amide bonds. The van der Waals surface area contributed by atoms with Gasteiger partial charge < -0.3 is 15.0 Å². The quantitative estimate of drug-likeness (QED) is 0.887. The second-order valence-electron chi connectivity index (χ2n) is 7.72. The molecule has 6 heteroatoms. The number of methoxy groups -OCH3 is 1. The topological polar surface area (TPSA) is 84.1 Å². The monoisotopic (exact) mass is 355 g/mol. The minimum atomic E-state index is -0.503. The fraction of sp³-hybridized carbons (Fsp3) is 0.450. The lowest BCUT2D eigenvalue weighted by atomic mass is 9.87. The van der Waals surface area contributed by atoms with E-state index in [4.69, 9.17) is 4.74 Å². The van der Waals surface area contributed by atoms with Gasteiger partial charge in [-0.25, -0.2) is 4.79 Å². The highest BCUT2D eigenvalue weighted by Crippen LogP contribution is 2.32. The van der Waals surface area contributed by atoms with E-state index in [2.05, 4.69) is 15.3 Å². The molecule has 1 unspecified atom stereocenters. The number of nitrogens with one attached hydrogen (secondary N) is 2. The summed E-state index contributed by atoms with van der Waals surface area (Å²) < 4.78 is 5.29. The van der Waals surface area contributed by atoms with E-state index >= 15 is 0 Å². The van der Waals surface area contributed by atoms with Crippen LogP contribution in [-0.2, 0) is 11.8 Å². The molecule has 1 atom stereocenters. The number of benzene rings is 1. The van der Waals surface area contributed by atoms with Gasteiger partial charge in [-0.15, -0.1) is 0 Å². The minimum absolute atomic E-state index is 0.0867. The maximum Gasteiger partial charge on any atom is 0.345 e. The van der Waals surface area contributed by atoms with Gasteiger partial charge in [0.15, 0.2) is 0 Å². The zero-order valence-electron chi connectivity index (χ0n) is 15.7. The number of rotatable bonds is 3. The standard InChI is InChI=1S/C20H25N3O3/c1-20(2,3)17-11-16(22-19(25)23-17)18(24)21-15-7-5-6-12-10-13(26-4)8-9-14(12)15/h8-11,15H,5-7H2,1-4H3,(H,21,24)(H,22,23,25). The first-order valence-electron chi connectivity index (χ1n) is 8.87. The summed E-state index contributed by atoms with van der Waals surface area (Å²) in [5.74, 6) is 0.497. The molecule has 0 bridgehead atoms. The molecule has 0 aliphatic heterocycles. The first-order chi connectivity index (χ1) is 12.3. The Morgan fingerprint density at radius 3 is 2.77 bits per heavy atom. The molecule has 0 radical (unpaired) electrons. The summed E-state index contributed by atoms with van der Waals surface area (Å²) in [6, 6.07) is 7.51.